The van der Waals surface area contributed by atoms with E-state index in [-0.39, 0.29) is 6.61 Å². The van der Waals surface area contributed by atoms with Gasteiger partial charge in [0.1, 0.15) is 11.5 Å². The third-order valence-corrected chi connectivity index (χ3v) is 4.61. The largest absolute Gasteiger partial charge is 0.416 e. The first-order chi connectivity index (χ1) is 14.0. The van der Waals surface area contributed by atoms with Crippen molar-refractivity contribution < 1.29 is 18.3 Å². The molecule has 4 rings (SSSR count). The number of pyridine rings is 2. The van der Waals surface area contributed by atoms with Crippen molar-refractivity contribution in [3.05, 3.63) is 77.6 Å². The van der Waals surface area contributed by atoms with E-state index in [1.54, 1.807) is 24.5 Å². The van der Waals surface area contributed by atoms with Crippen LogP contribution in [0.5, 0.6) is 0 Å². The molecule has 4 aromatic rings. The molecule has 0 atom stereocenters. The standard InChI is InChI=1S/C21H17F3N4O/c22-21(23,24)15-6-3-13(4-7-15)10-26-18-8-5-14(12-29)19(28-18)17-11-27-20-16(17)2-1-9-25-20/h1-9,11,29H,10,12H2,(H,25,27)(H,26,28). The molecule has 3 aromatic heterocycles. The Morgan fingerprint density at radius 3 is 2.55 bits per heavy atom. The fraction of sp³-hybridized carbons (Fsp3) is 0.143. The third kappa shape index (κ3) is 3.93. The SMILES string of the molecule is OCc1ccc(NCc2ccc(C(F)(F)F)cc2)nc1-c1c[nH]c2ncccc12. The van der Waals surface area contributed by atoms with Gasteiger partial charge in [-0.15, -0.1) is 0 Å². The first-order valence-electron chi connectivity index (χ1n) is 8.89. The Morgan fingerprint density at radius 1 is 1.03 bits per heavy atom. The van der Waals surface area contributed by atoms with Gasteiger partial charge in [0, 0.05) is 35.5 Å². The Hall–Kier alpha value is -3.39. The van der Waals surface area contributed by atoms with E-state index in [0.29, 0.717) is 29.2 Å². The van der Waals surface area contributed by atoms with Crippen molar-refractivity contribution in [2.24, 2.45) is 0 Å². The van der Waals surface area contributed by atoms with Crippen LogP contribution in [0.1, 0.15) is 16.7 Å². The van der Waals surface area contributed by atoms with E-state index in [0.717, 1.165) is 28.7 Å². The van der Waals surface area contributed by atoms with Gasteiger partial charge in [-0.3, -0.25) is 0 Å². The van der Waals surface area contributed by atoms with Crippen molar-refractivity contribution in [3.63, 3.8) is 0 Å². The van der Waals surface area contributed by atoms with Crippen LogP contribution in [-0.4, -0.2) is 20.1 Å². The van der Waals surface area contributed by atoms with Gasteiger partial charge in [-0.1, -0.05) is 18.2 Å². The van der Waals surface area contributed by atoms with Gasteiger partial charge in [-0.2, -0.15) is 13.2 Å². The maximum Gasteiger partial charge on any atom is 0.416 e. The summed E-state index contributed by atoms with van der Waals surface area (Å²) in [5.41, 5.74) is 2.83. The summed E-state index contributed by atoms with van der Waals surface area (Å²) in [6.07, 6.45) is -0.874. The Balaban J connectivity index is 1.59. The van der Waals surface area contributed by atoms with Crippen LogP contribution in [0.3, 0.4) is 0 Å². The predicted octanol–water partition coefficient (Wildman–Crippen LogP) is 4.75. The number of fused-ring (bicyclic) bond motifs is 1. The molecule has 3 N–H and O–H groups in total. The highest BCUT2D eigenvalue weighted by Crippen LogP contribution is 2.31. The molecule has 0 aliphatic rings. The maximum atomic E-state index is 12.7. The highest BCUT2D eigenvalue weighted by Gasteiger charge is 2.29. The number of benzene rings is 1. The number of hydrogen-bond acceptors (Lipinski definition) is 4. The number of hydrogen-bond donors (Lipinski definition) is 3. The number of rotatable bonds is 5. The summed E-state index contributed by atoms with van der Waals surface area (Å²) >= 11 is 0. The van der Waals surface area contributed by atoms with Crippen LogP contribution in [0.25, 0.3) is 22.3 Å². The number of nitrogens with zero attached hydrogens (tertiary/aromatic N) is 2. The zero-order valence-electron chi connectivity index (χ0n) is 15.2. The highest BCUT2D eigenvalue weighted by atomic mass is 19.4. The molecule has 0 unspecified atom stereocenters. The van der Waals surface area contributed by atoms with E-state index in [1.807, 2.05) is 12.1 Å². The topological polar surface area (TPSA) is 73.8 Å². The zero-order chi connectivity index (χ0) is 20.4. The molecule has 0 bridgehead atoms. The lowest BCUT2D eigenvalue weighted by molar-refractivity contribution is -0.137. The van der Waals surface area contributed by atoms with Crippen LogP contribution in [-0.2, 0) is 19.3 Å². The minimum atomic E-state index is -4.35. The molecule has 1 aromatic carbocycles. The molecule has 3 heterocycles. The molecular weight excluding hydrogens is 381 g/mol. The Kier molecular flexibility index (Phi) is 4.94. The molecule has 8 heteroatoms. The van der Waals surface area contributed by atoms with Crippen LogP contribution in [0.4, 0.5) is 19.0 Å². The van der Waals surface area contributed by atoms with Gasteiger partial charge in [0.25, 0.3) is 0 Å². The maximum absolute atomic E-state index is 12.7. The van der Waals surface area contributed by atoms with Gasteiger partial charge in [0.2, 0.25) is 0 Å². The summed E-state index contributed by atoms with van der Waals surface area (Å²) in [5, 5.41) is 13.7. The smallest absolute Gasteiger partial charge is 0.392 e. The monoisotopic (exact) mass is 398 g/mol. The lowest BCUT2D eigenvalue weighted by Crippen LogP contribution is -2.06. The van der Waals surface area contributed by atoms with Crippen LogP contribution < -0.4 is 5.32 Å². The number of aromatic amines is 1. The summed E-state index contributed by atoms with van der Waals surface area (Å²) in [7, 11) is 0. The van der Waals surface area contributed by atoms with E-state index in [4.69, 9.17) is 0 Å². The molecule has 0 fully saturated rings. The lowest BCUT2D eigenvalue weighted by Gasteiger charge is -2.11. The van der Waals surface area contributed by atoms with Crippen molar-refractivity contribution in [3.8, 4) is 11.3 Å². The number of halogens is 3. The summed E-state index contributed by atoms with van der Waals surface area (Å²) in [5.74, 6) is 0.551. The van der Waals surface area contributed by atoms with Crippen LogP contribution in [0.15, 0.2) is 60.9 Å². The van der Waals surface area contributed by atoms with Crippen LogP contribution in [0, 0.1) is 0 Å². The van der Waals surface area contributed by atoms with Crippen molar-refractivity contribution in [2.75, 3.05) is 5.32 Å². The zero-order valence-corrected chi connectivity index (χ0v) is 15.2. The minimum Gasteiger partial charge on any atom is -0.392 e. The van der Waals surface area contributed by atoms with Gasteiger partial charge in [-0.05, 0) is 35.9 Å². The third-order valence-electron chi connectivity index (χ3n) is 4.61. The quantitative estimate of drug-likeness (QED) is 0.454. The molecule has 0 amide bonds. The summed E-state index contributed by atoms with van der Waals surface area (Å²) in [4.78, 5) is 12.0. The van der Waals surface area contributed by atoms with E-state index in [9.17, 15) is 18.3 Å². The molecule has 5 nitrogen and oxygen atoms in total. The molecule has 0 spiro atoms. The second kappa shape index (κ2) is 7.56. The fourth-order valence-electron chi connectivity index (χ4n) is 3.10. The number of aliphatic hydroxyl groups is 1. The molecule has 148 valence electrons. The van der Waals surface area contributed by atoms with Crippen molar-refractivity contribution in [2.45, 2.75) is 19.3 Å². The average molecular weight is 398 g/mol. The Labute approximate surface area is 164 Å². The molecule has 0 saturated heterocycles. The molecule has 0 saturated carbocycles. The van der Waals surface area contributed by atoms with Crippen molar-refractivity contribution in [1.29, 1.82) is 0 Å². The van der Waals surface area contributed by atoms with E-state index in [2.05, 4.69) is 20.3 Å². The first kappa shape index (κ1) is 18.9. The summed E-state index contributed by atoms with van der Waals surface area (Å²) in [6.45, 7) is 0.146. The van der Waals surface area contributed by atoms with Gasteiger partial charge >= 0.3 is 6.18 Å². The molecule has 0 aliphatic heterocycles. The fourth-order valence-corrected chi connectivity index (χ4v) is 3.10. The second-order valence-electron chi connectivity index (χ2n) is 6.51. The molecule has 0 aliphatic carbocycles. The Bertz CT molecular complexity index is 1140. The summed E-state index contributed by atoms with van der Waals surface area (Å²) in [6, 6.07) is 12.2. The van der Waals surface area contributed by atoms with Gasteiger partial charge in [0.05, 0.1) is 17.9 Å². The van der Waals surface area contributed by atoms with E-state index < -0.39 is 11.7 Å². The number of anilines is 1. The number of nitrogens with one attached hydrogen (secondary N) is 2. The predicted molar refractivity (Wildman–Crippen MR) is 104 cm³/mol. The molecule has 29 heavy (non-hydrogen) atoms. The normalized spacial score (nSPS) is 11.7. The summed E-state index contributed by atoms with van der Waals surface area (Å²) < 4.78 is 38.0. The van der Waals surface area contributed by atoms with E-state index in [1.165, 1.54) is 12.1 Å². The van der Waals surface area contributed by atoms with Crippen molar-refractivity contribution >= 4 is 16.9 Å². The van der Waals surface area contributed by atoms with Gasteiger partial charge in [0.15, 0.2) is 0 Å². The first-order valence-corrected chi connectivity index (χ1v) is 8.89. The number of aromatic nitrogens is 3. The number of alkyl halides is 3. The van der Waals surface area contributed by atoms with Crippen LogP contribution >= 0.6 is 0 Å². The van der Waals surface area contributed by atoms with Crippen LogP contribution in [0.2, 0.25) is 0 Å². The number of aliphatic hydroxyl groups excluding tert-OH is 1. The Morgan fingerprint density at radius 2 is 1.83 bits per heavy atom. The molecule has 0 radical (unpaired) electrons. The average Bonchev–Trinajstić information content (AvgIpc) is 3.16. The minimum absolute atomic E-state index is 0.172. The molecular formula is C21H17F3N4O. The second-order valence-corrected chi connectivity index (χ2v) is 6.51. The number of H-pyrrole nitrogens is 1. The lowest BCUT2D eigenvalue weighted by atomic mass is 10.1. The van der Waals surface area contributed by atoms with Gasteiger partial charge < -0.3 is 15.4 Å². The van der Waals surface area contributed by atoms with Crippen molar-refractivity contribution in [1.82, 2.24) is 15.0 Å². The van der Waals surface area contributed by atoms with E-state index >= 15 is 0 Å². The highest BCUT2D eigenvalue weighted by molar-refractivity contribution is 5.93. The van der Waals surface area contributed by atoms with Gasteiger partial charge in [-0.25, -0.2) is 9.97 Å².